The van der Waals surface area contributed by atoms with Crippen molar-refractivity contribution in [2.24, 2.45) is 0 Å². The summed E-state index contributed by atoms with van der Waals surface area (Å²) < 4.78 is 2.98. The molecule has 0 unspecified atom stereocenters. The van der Waals surface area contributed by atoms with Crippen molar-refractivity contribution in [2.75, 3.05) is 5.32 Å². The van der Waals surface area contributed by atoms with E-state index in [0.29, 0.717) is 6.54 Å². The molecule has 0 bridgehead atoms. The van der Waals surface area contributed by atoms with Crippen LogP contribution in [0.4, 0.5) is 5.69 Å². The lowest BCUT2D eigenvalue weighted by Crippen LogP contribution is -2.00. The summed E-state index contributed by atoms with van der Waals surface area (Å²) in [5.41, 5.74) is 5.51. The number of halogens is 1. The first kappa shape index (κ1) is 13.8. The predicted octanol–water partition coefficient (Wildman–Crippen LogP) is 4.29. The van der Waals surface area contributed by atoms with Crippen LogP contribution in [0.2, 0.25) is 0 Å². The molecule has 22 heavy (non-hydrogen) atoms. The lowest BCUT2D eigenvalue weighted by molar-refractivity contribution is 1.05. The van der Waals surface area contributed by atoms with E-state index in [1.165, 1.54) is 18.4 Å². The zero-order chi connectivity index (χ0) is 15.1. The zero-order valence-electron chi connectivity index (χ0n) is 12.4. The molecule has 5 heteroatoms. The van der Waals surface area contributed by atoms with Crippen molar-refractivity contribution in [3.05, 3.63) is 58.2 Å². The van der Waals surface area contributed by atoms with Crippen molar-refractivity contribution >= 4 is 27.3 Å². The van der Waals surface area contributed by atoms with Gasteiger partial charge in [-0.15, -0.1) is 0 Å². The number of hydrogen-bond donors (Lipinski definition) is 1. The van der Waals surface area contributed by atoms with Gasteiger partial charge in [0, 0.05) is 23.8 Å². The number of nitrogens with one attached hydrogen (secondary N) is 1. The number of aromatic nitrogens is 3. The van der Waals surface area contributed by atoms with Crippen LogP contribution in [0.15, 0.2) is 41.3 Å². The second-order valence-electron chi connectivity index (χ2n) is 5.91. The molecule has 112 valence electrons. The van der Waals surface area contributed by atoms with Gasteiger partial charge >= 0.3 is 0 Å². The minimum atomic E-state index is 0.705. The summed E-state index contributed by atoms with van der Waals surface area (Å²) in [6.45, 7) is 2.69. The van der Waals surface area contributed by atoms with E-state index in [-0.39, 0.29) is 0 Å². The summed E-state index contributed by atoms with van der Waals surface area (Å²) in [6, 6.07) is 8.34. The topological polar surface area (TPSA) is 42.2 Å². The fraction of sp³-hybridized carbons (Fsp3) is 0.294. The number of imidazole rings is 1. The van der Waals surface area contributed by atoms with Crippen LogP contribution in [0.5, 0.6) is 0 Å². The molecule has 4 rings (SSSR count). The van der Waals surface area contributed by atoms with E-state index in [0.717, 1.165) is 33.2 Å². The predicted molar refractivity (Wildman–Crippen MR) is 91.2 cm³/mol. The Bertz CT molecular complexity index is 816. The third kappa shape index (κ3) is 2.86. The van der Waals surface area contributed by atoms with E-state index in [9.17, 15) is 0 Å². The Kier molecular flexibility index (Phi) is 3.37. The van der Waals surface area contributed by atoms with Gasteiger partial charge in [-0.25, -0.2) is 9.97 Å². The molecule has 0 amide bonds. The van der Waals surface area contributed by atoms with Gasteiger partial charge in [0.1, 0.15) is 10.3 Å². The molecule has 0 aliphatic heterocycles. The lowest BCUT2D eigenvalue weighted by atomic mass is 10.2. The van der Waals surface area contributed by atoms with E-state index in [2.05, 4.69) is 60.1 Å². The molecular formula is C17H17BrN4. The highest BCUT2D eigenvalue weighted by atomic mass is 79.9. The van der Waals surface area contributed by atoms with Gasteiger partial charge in [-0.05, 0) is 65.4 Å². The van der Waals surface area contributed by atoms with Crippen LogP contribution in [0.25, 0.3) is 5.65 Å². The van der Waals surface area contributed by atoms with Crippen LogP contribution in [-0.4, -0.2) is 14.4 Å². The molecule has 3 aromatic rings. The Balaban J connectivity index is 1.53. The van der Waals surface area contributed by atoms with Crippen molar-refractivity contribution < 1.29 is 0 Å². The number of anilines is 1. The maximum absolute atomic E-state index is 4.67. The second-order valence-corrected chi connectivity index (χ2v) is 6.72. The number of nitrogens with zero attached hydrogens (tertiary/aromatic N) is 3. The van der Waals surface area contributed by atoms with Gasteiger partial charge in [-0.3, -0.25) is 0 Å². The van der Waals surface area contributed by atoms with Crippen LogP contribution in [0, 0.1) is 6.92 Å². The molecule has 3 aromatic heterocycles. The molecule has 0 saturated heterocycles. The number of fused-ring (bicyclic) bond motifs is 1. The lowest BCUT2D eigenvalue weighted by Gasteiger charge is -2.05. The van der Waals surface area contributed by atoms with Crippen LogP contribution in [0.1, 0.15) is 35.7 Å². The maximum Gasteiger partial charge on any atom is 0.137 e. The summed E-state index contributed by atoms with van der Waals surface area (Å²) in [7, 11) is 0. The molecule has 1 fully saturated rings. The number of aryl methyl sites for hydroxylation is 1. The number of hydrogen-bond acceptors (Lipinski definition) is 3. The first-order valence-electron chi connectivity index (χ1n) is 7.53. The highest BCUT2D eigenvalue weighted by Crippen LogP contribution is 2.39. The SMILES string of the molecule is Cc1cc(NCc2cn3cc(C4CC4)ccc3n2)cc(Br)n1. The summed E-state index contributed by atoms with van der Waals surface area (Å²) in [5.74, 6) is 0.769. The van der Waals surface area contributed by atoms with Gasteiger partial charge < -0.3 is 9.72 Å². The molecule has 4 nitrogen and oxygen atoms in total. The average molecular weight is 357 g/mol. The normalized spacial score (nSPS) is 14.5. The van der Waals surface area contributed by atoms with Gasteiger partial charge in [0.25, 0.3) is 0 Å². The quantitative estimate of drug-likeness (QED) is 0.709. The summed E-state index contributed by atoms with van der Waals surface area (Å²) in [5, 5.41) is 3.41. The maximum atomic E-state index is 4.67. The van der Waals surface area contributed by atoms with E-state index in [4.69, 9.17) is 0 Å². The van der Waals surface area contributed by atoms with E-state index in [1.807, 2.05) is 19.1 Å². The zero-order valence-corrected chi connectivity index (χ0v) is 14.0. The Morgan fingerprint density at radius 3 is 2.86 bits per heavy atom. The van der Waals surface area contributed by atoms with Crippen molar-refractivity contribution in [1.29, 1.82) is 0 Å². The fourth-order valence-electron chi connectivity index (χ4n) is 2.73. The smallest absolute Gasteiger partial charge is 0.137 e. The Labute approximate surface area is 137 Å². The summed E-state index contributed by atoms with van der Waals surface area (Å²) in [6.07, 6.45) is 6.98. The molecule has 1 saturated carbocycles. The molecule has 0 spiro atoms. The van der Waals surface area contributed by atoms with E-state index >= 15 is 0 Å². The van der Waals surface area contributed by atoms with Crippen molar-refractivity contribution in [3.8, 4) is 0 Å². The van der Waals surface area contributed by atoms with Crippen molar-refractivity contribution in [1.82, 2.24) is 14.4 Å². The van der Waals surface area contributed by atoms with Crippen LogP contribution in [-0.2, 0) is 6.54 Å². The highest BCUT2D eigenvalue weighted by molar-refractivity contribution is 9.10. The van der Waals surface area contributed by atoms with Gasteiger partial charge in [-0.1, -0.05) is 6.07 Å². The highest BCUT2D eigenvalue weighted by Gasteiger charge is 2.23. The minimum Gasteiger partial charge on any atom is -0.379 e. The largest absolute Gasteiger partial charge is 0.379 e. The summed E-state index contributed by atoms with van der Waals surface area (Å²) in [4.78, 5) is 8.98. The average Bonchev–Trinajstić information content (AvgIpc) is 3.24. The third-order valence-electron chi connectivity index (χ3n) is 3.97. The van der Waals surface area contributed by atoms with Crippen LogP contribution < -0.4 is 5.32 Å². The second kappa shape index (κ2) is 5.39. The van der Waals surface area contributed by atoms with Crippen molar-refractivity contribution in [3.63, 3.8) is 0 Å². The van der Waals surface area contributed by atoms with E-state index in [1.54, 1.807) is 0 Å². The summed E-state index contributed by atoms with van der Waals surface area (Å²) >= 11 is 3.42. The Morgan fingerprint density at radius 1 is 1.23 bits per heavy atom. The van der Waals surface area contributed by atoms with Crippen LogP contribution >= 0.6 is 15.9 Å². The number of pyridine rings is 2. The Hall–Kier alpha value is -1.88. The first-order chi connectivity index (χ1) is 10.7. The minimum absolute atomic E-state index is 0.705. The van der Waals surface area contributed by atoms with Crippen LogP contribution in [0.3, 0.4) is 0 Å². The molecule has 0 aromatic carbocycles. The molecule has 0 atom stereocenters. The van der Waals surface area contributed by atoms with Gasteiger partial charge in [0.2, 0.25) is 0 Å². The molecule has 0 radical (unpaired) electrons. The number of rotatable bonds is 4. The standard InChI is InChI=1S/C17H17BrN4/c1-11-6-14(7-16(18)20-11)19-8-15-10-22-9-13(12-2-3-12)4-5-17(22)21-15/h4-7,9-10,12H,2-3,8H2,1H3,(H,19,20). The van der Waals surface area contributed by atoms with Gasteiger partial charge in [0.05, 0.1) is 12.2 Å². The molecule has 3 heterocycles. The molecular weight excluding hydrogens is 340 g/mol. The Morgan fingerprint density at radius 2 is 2.09 bits per heavy atom. The fourth-order valence-corrected chi connectivity index (χ4v) is 3.25. The van der Waals surface area contributed by atoms with Gasteiger partial charge in [-0.2, -0.15) is 0 Å². The first-order valence-corrected chi connectivity index (χ1v) is 8.32. The van der Waals surface area contributed by atoms with Gasteiger partial charge in [0.15, 0.2) is 0 Å². The molecule has 1 N–H and O–H groups in total. The monoisotopic (exact) mass is 356 g/mol. The third-order valence-corrected chi connectivity index (χ3v) is 4.37. The van der Waals surface area contributed by atoms with E-state index < -0.39 is 0 Å². The molecule has 1 aliphatic carbocycles. The van der Waals surface area contributed by atoms with Crippen molar-refractivity contribution in [2.45, 2.75) is 32.2 Å². The molecule has 1 aliphatic rings.